The van der Waals surface area contributed by atoms with E-state index in [9.17, 15) is 13.2 Å². The first-order valence-corrected chi connectivity index (χ1v) is 13.5. The minimum absolute atomic E-state index is 0.0129. The molecule has 1 saturated heterocycles. The Labute approximate surface area is 213 Å². The van der Waals surface area contributed by atoms with Crippen LogP contribution in [0, 0.1) is 5.41 Å². The van der Waals surface area contributed by atoms with Crippen LogP contribution in [0.25, 0.3) is 0 Å². The van der Waals surface area contributed by atoms with Crippen LogP contribution in [0.15, 0.2) is 93.2 Å². The van der Waals surface area contributed by atoms with Gasteiger partial charge in [-0.25, -0.2) is 8.42 Å². The molecule has 5 rings (SSSR count). The number of amides is 1. The van der Waals surface area contributed by atoms with Gasteiger partial charge in [0.15, 0.2) is 0 Å². The van der Waals surface area contributed by atoms with Gasteiger partial charge in [-0.1, -0.05) is 53.7 Å². The lowest BCUT2D eigenvalue weighted by molar-refractivity contribution is -0.116. The van der Waals surface area contributed by atoms with Crippen LogP contribution in [-0.2, 0) is 14.8 Å². The fourth-order valence-electron chi connectivity index (χ4n) is 4.12. The van der Waals surface area contributed by atoms with Crippen molar-refractivity contribution in [3.05, 3.63) is 88.4 Å². The maximum absolute atomic E-state index is 13.6. The molecule has 2 heterocycles. The number of fused-ring (bicyclic) bond motifs is 1. The molecule has 1 fully saturated rings. The number of thioether (sulfide) groups is 1. The van der Waals surface area contributed by atoms with Crippen molar-refractivity contribution < 1.29 is 13.2 Å². The van der Waals surface area contributed by atoms with E-state index in [0.29, 0.717) is 11.3 Å². The molecule has 0 radical (unpaired) electrons. The summed E-state index contributed by atoms with van der Waals surface area (Å²) in [6.07, 6.45) is 0.0396. The number of rotatable bonds is 5. The number of carbonyl (C=O) groups is 1. The molecule has 7 nitrogen and oxygen atoms in total. The van der Waals surface area contributed by atoms with Crippen LogP contribution in [0.5, 0.6) is 0 Å². The predicted molar refractivity (Wildman–Crippen MR) is 141 cm³/mol. The summed E-state index contributed by atoms with van der Waals surface area (Å²) in [5.74, 6) is -0.296. The van der Waals surface area contributed by atoms with Gasteiger partial charge in [0.25, 0.3) is 10.0 Å². The zero-order chi connectivity index (χ0) is 24.7. The Kier molecular flexibility index (Phi) is 6.08. The number of amidine groups is 1. The zero-order valence-corrected chi connectivity index (χ0v) is 21.0. The van der Waals surface area contributed by atoms with Crippen LogP contribution in [0.4, 0.5) is 17.1 Å². The molecule has 0 bridgehead atoms. The highest BCUT2D eigenvalue weighted by Crippen LogP contribution is 2.44. The molecule has 2 aliphatic rings. The van der Waals surface area contributed by atoms with Gasteiger partial charge in [0, 0.05) is 17.0 Å². The normalized spacial score (nSPS) is 17.5. The number of para-hydroxylation sites is 2. The Morgan fingerprint density at radius 3 is 2.51 bits per heavy atom. The second kappa shape index (κ2) is 9.07. The largest absolute Gasteiger partial charge is 0.349 e. The van der Waals surface area contributed by atoms with Gasteiger partial charge in [-0.05, 0) is 49.4 Å². The van der Waals surface area contributed by atoms with E-state index in [0.717, 1.165) is 15.6 Å². The third-order valence-electron chi connectivity index (χ3n) is 5.78. The highest BCUT2D eigenvalue weighted by atomic mass is 35.5. The summed E-state index contributed by atoms with van der Waals surface area (Å²) in [5.41, 5.74) is 2.29. The van der Waals surface area contributed by atoms with Crippen LogP contribution in [0.3, 0.4) is 0 Å². The number of carbonyl (C=O) groups excluding carboxylic acids is 1. The number of anilines is 3. The molecule has 10 heteroatoms. The monoisotopic (exact) mass is 524 g/mol. The average molecular weight is 525 g/mol. The van der Waals surface area contributed by atoms with Gasteiger partial charge in [0.2, 0.25) is 5.91 Å². The van der Waals surface area contributed by atoms with Gasteiger partial charge in [-0.2, -0.15) is 0 Å². The smallest absolute Gasteiger partial charge is 0.265 e. The van der Waals surface area contributed by atoms with Crippen LogP contribution < -0.4 is 14.5 Å². The Balaban J connectivity index is 1.51. The molecule has 2 N–H and O–H groups in total. The fourth-order valence-corrected chi connectivity index (χ4v) is 7.14. The number of benzene rings is 3. The standard InChI is InChI=1S/C25H21ClN4O3S2/c1-2-29(16-8-4-3-5-9-16)35(32,33)22-14-17(12-13-19(22)26)30-23(31)15-18(24(30)27)25-28-20-10-6-7-11-21(20)34-25/h3-14,27-28H,2,15H2,1H3/b25-18+,27-24?. The molecule has 178 valence electrons. The molecule has 0 aromatic heterocycles. The van der Waals surface area contributed by atoms with E-state index >= 15 is 0 Å². The highest BCUT2D eigenvalue weighted by molar-refractivity contribution is 8.03. The van der Waals surface area contributed by atoms with E-state index in [2.05, 4.69) is 5.32 Å². The minimum atomic E-state index is -4.02. The Morgan fingerprint density at radius 1 is 1.09 bits per heavy atom. The van der Waals surface area contributed by atoms with Gasteiger partial charge in [-0.3, -0.25) is 19.4 Å². The van der Waals surface area contributed by atoms with Crippen molar-refractivity contribution in [3.8, 4) is 0 Å². The zero-order valence-electron chi connectivity index (χ0n) is 18.7. The number of sulfonamides is 1. The molecule has 3 aromatic rings. The topological polar surface area (TPSA) is 93.6 Å². The van der Waals surface area contributed by atoms with Crippen molar-refractivity contribution in [1.82, 2.24) is 0 Å². The number of hydrogen-bond donors (Lipinski definition) is 2. The number of nitrogens with one attached hydrogen (secondary N) is 2. The summed E-state index contributed by atoms with van der Waals surface area (Å²) in [6, 6.07) is 20.9. The first-order chi connectivity index (χ1) is 16.8. The Morgan fingerprint density at radius 2 is 1.80 bits per heavy atom. The molecule has 0 aliphatic carbocycles. The number of halogens is 1. The molecule has 2 aliphatic heterocycles. The molecular formula is C25H21ClN4O3S2. The minimum Gasteiger partial charge on any atom is -0.349 e. The van der Waals surface area contributed by atoms with E-state index in [1.54, 1.807) is 37.3 Å². The third kappa shape index (κ3) is 4.09. The van der Waals surface area contributed by atoms with E-state index in [-0.39, 0.29) is 40.3 Å². The SMILES string of the molecule is CCN(c1ccccc1)S(=O)(=O)c1cc(N2C(=N)/C(=C3\Nc4ccccc4S3)CC2=O)ccc1Cl. The van der Waals surface area contributed by atoms with E-state index < -0.39 is 10.0 Å². The lowest BCUT2D eigenvalue weighted by Crippen LogP contribution is -2.32. The Bertz CT molecular complexity index is 1460. The van der Waals surface area contributed by atoms with Crippen molar-refractivity contribution in [3.63, 3.8) is 0 Å². The Hall–Kier alpha value is -3.27. The van der Waals surface area contributed by atoms with E-state index in [4.69, 9.17) is 17.0 Å². The van der Waals surface area contributed by atoms with Crippen molar-refractivity contribution >= 4 is 62.2 Å². The average Bonchev–Trinajstić information content (AvgIpc) is 3.40. The van der Waals surface area contributed by atoms with Gasteiger partial charge in [0.05, 0.1) is 33.5 Å². The van der Waals surface area contributed by atoms with Crippen LogP contribution in [0.1, 0.15) is 13.3 Å². The van der Waals surface area contributed by atoms with Crippen molar-refractivity contribution in [2.24, 2.45) is 0 Å². The van der Waals surface area contributed by atoms with Gasteiger partial charge >= 0.3 is 0 Å². The molecule has 0 atom stereocenters. The van der Waals surface area contributed by atoms with Crippen LogP contribution >= 0.6 is 23.4 Å². The van der Waals surface area contributed by atoms with Crippen molar-refractivity contribution in [2.45, 2.75) is 23.1 Å². The molecule has 0 spiro atoms. The van der Waals surface area contributed by atoms with Crippen molar-refractivity contribution in [1.29, 1.82) is 5.41 Å². The third-order valence-corrected chi connectivity index (χ3v) is 9.29. The summed E-state index contributed by atoms with van der Waals surface area (Å²) in [5, 5.41) is 12.8. The molecule has 0 unspecified atom stereocenters. The summed E-state index contributed by atoms with van der Waals surface area (Å²) in [7, 11) is -4.02. The van der Waals surface area contributed by atoms with Crippen LogP contribution in [-0.4, -0.2) is 26.7 Å². The van der Waals surface area contributed by atoms with Gasteiger partial charge in [-0.15, -0.1) is 0 Å². The summed E-state index contributed by atoms with van der Waals surface area (Å²) in [4.78, 5) is 15.1. The van der Waals surface area contributed by atoms with Crippen molar-refractivity contribution in [2.75, 3.05) is 21.1 Å². The number of nitrogens with zero attached hydrogens (tertiary/aromatic N) is 2. The fraction of sp³-hybridized carbons (Fsp3) is 0.120. The number of hydrogen-bond acceptors (Lipinski definition) is 6. The first-order valence-electron chi connectivity index (χ1n) is 10.9. The second-order valence-corrected chi connectivity index (χ2v) is 11.2. The summed E-state index contributed by atoms with van der Waals surface area (Å²) >= 11 is 7.82. The molecule has 35 heavy (non-hydrogen) atoms. The second-order valence-electron chi connectivity index (χ2n) is 7.91. The molecule has 1 amide bonds. The lowest BCUT2D eigenvalue weighted by Gasteiger charge is -2.24. The predicted octanol–water partition coefficient (Wildman–Crippen LogP) is 5.70. The quantitative estimate of drug-likeness (QED) is 0.446. The first kappa shape index (κ1) is 23.5. The summed E-state index contributed by atoms with van der Waals surface area (Å²) < 4.78 is 28.4. The van der Waals surface area contributed by atoms with E-state index in [1.807, 2.05) is 30.3 Å². The molecular weight excluding hydrogens is 504 g/mol. The van der Waals surface area contributed by atoms with Gasteiger partial charge < -0.3 is 5.32 Å². The van der Waals surface area contributed by atoms with Crippen LogP contribution in [0.2, 0.25) is 5.02 Å². The lowest BCUT2D eigenvalue weighted by atomic mass is 10.2. The summed E-state index contributed by atoms with van der Waals surface area (Å²) in [6.45, 7) is 1.94. The highest BCUT2D eigenvalue weighted by Gasteiger charge is 2.37. The van der Waals surface area contributed by atoms with E-state index in [1.165, 1.54) is 33.1 Å². The molecule has 0 saturated carbocycles. The maximum atomic E-state index is 13.6. The maximum Gasteiger partial charge on any atom is 0.265 e. The van der Waals surface area contributed by atoms with Gasteiger partial charge in [0.1, 0.15) is 10.7 Å². The molecule has 3 aromatic carbocycles.